The van der Waals surface area contributed by atoms with E-state index in [4.69, 9.17) is 4.74 Å². The van der Waals surface area contributed by atoms with Crippen molar-refractivity contribution in [2.45, 2.75) is 18.9 Å². The molecule has 0 spiro atoms. The molecular weight excluding hydrogens is 424 g/mol. The number of halogens is 1. The third kappa shape index (κ3) is 3.41. The third-order valence-corrected chi connectivity index (χ3v) is 5.99. The Morgan fingerprint density at radius 1 is 1.35 bits per heavy atom. The number of hydrogen-bond acceptors (Lipinski definition) is 6. The molecule has 0 aliphatic carbocycles. The summed E-state index contributed by atoms with van der Waals surface area (Å²) in [7, 11) is -3.74. The Labute approximate surface area is 159 Å². The van der Waals surface area contributed by atoms with Gasteiger partial charge in [0.2, 0.25) is 27.3 Å². The number of Topliss-reactive ketones (excluding diaryl/α,β-unsaturated/α-hetero) is 1. The van der Waals surface area contributed by atoms with Gasteiger partial charge < -0.3 is 9.84 Å². The van der Waals surface area contributed by atoms with Gasteiger partial charge in [0.15, 0.2) is 0 Å². The van der Waals surface area contributed by atoms with Gasteiger partial charge in [0.05, 0.1) is 11.3 Å². The Morgan fingerprint density at radius 3 is 2.81 bits per heavy atom. The van der Waals surface area contributed by atoms with Gasteiger partial charge >= 0.3 is 0 Å². The molecule has 0 amide bonds. The van der Waals surface area contributed by atoms with Crippen molar-refractivity contribution in [3.63, 3.8) is 0 Å². The largest absolute Gasteiger partial charge is 0.501 e. The number of para-hydroxylation sites is 1. The molecule has 2 N–H and O–H groups in total. The van der Waals surface area contributed by atoms with Crippen molar-refractivity contribution in [2.24, 2.45) is 0 Å². The first-order valence-corrected chi connectivity index (χ1v) is 10.6. The topological polar surface area (TPSA) is 106 Å². The third-order valence-electron chi connectivity index (χ3n) is 4.11. The highest BCUT2D eigenvalue weighted by Crippen LogP contribution is 2.37. The summed E-state index contributed by atoms with van der Waals surface area (Å²) in [5.41, 5.74) is -0.394. The van der Waals surface area contributed by atoms with Crippen molar-refractivity contribution in [3.05, 3.63) is 53.7 Å². The van der Waals surface area contributed by atoms with Crippen LogP contribution in [-0.4, -0.2) is 35.4 Å². The lowest BCUT2D eigenvalue weighted by Crippen LogP contribution is -2.33. The number of nitrogens with zero attached hydrogens (tertiary/aromatic N) is 1. The molecule has 1 unspecified atom stereocenters. The predicted octanol–water partition coefficient (Wildman–Crippen LogP) is 2.48. The van der Waals surface area contributed by atoms with Gasteiger partial charge in [-0.1, -0.05) is 34.1 Å². The van der Waals surface area contributed by atoms with Crippen LogP contribution in [0.15, 0.2) is 48.2 Å². The van der Waals surface area contributed by atoms with E-state index in [2.05, 4.69) is 25.6 Å². The minimum absolute atomic E-state index is 0.166. The molecule has 7 nitrogen and oxygen atoms in total. The van der Waals surface area contributed by atoms with Crippen LogP contribution in [0.5, 0.6) is 0 Å². The number of aliphatic hydroxyl groups is 1. The molecule has 1 aliphatic heterocycles. The molecule has 2 aromatic rings. The monoisotopic (exact) mass is 440 g/mol. The van der Waals surface area contributed by atoms with E-state index in [1.807, 2.05) is 24.3 Å². The van der Waals surface area contributed by atoms with Crippen LogP contribution in [0.3, 0.4) is 0 Å². The van der Waals surface area contributed by atoms with Crippen molar-refractivity contribution >= 4 is 42.6 Å². The van der Waals surface area contributed by atoms with Crippen molar-refractivity contribution < 1.29 is 23.1 Å². The minimum atomic E-state index is -3.74. The van der Waals surface area contributed by atoms with Gasteiger partial charge in [0.1, 0.15) is 0 Å². The van der Waals surface area contributed by atoms with Gasteiger partial charge in [-0.05, 0) is 25.5 Å². The molecule has 0 fully saturated rings. The fraction of sp³-hybridized carbons (Fsp3) is 0.294. The molecule has 1 atom stereocenters. The maximum atomic E-state index is 12.6. The number of alkyl halides is 1. The molecular formula is C17H17BrN2O5S. The van der Waals surface area contributed by atoms with Crippen LogP contribution in [0.1, 0.15) is 18.9 Å². The number of ketones is 1. The summed E-state index contributed by atoms with van der Waals surface area (Å²) in [5, 5.41) is 11.4. The summed E-state index contributed by atoms with van der Waals surface area (Å²) in [6.45, 7) is 1.47. The Morgan fingerprint density at radius 2 is 2.08 bits per heavy atom. The molecule has 0 saturated carbocycles. The molecule has 2 heterocycles. The Bertz CT molecular complexity index is 1010. The fourth-order valence-corrected chi connectivity index (χ4v) is 4.35. The van der Waals surface area contributed by atoms with E-state index in [9.17, 15) is 18.3 Å². The molecule has 3 rings (SSSR count). The zero-order chi connectivity index (χ0) is 18.9. The summed E-state index contributed by atoms with van der Waals surface area (Å²) in [4.78, 5) is 16.9. The van der Waals surface area contributed by atoms with E-state index in [0.29, 0.717) is 17.3 Å². The highest BCUT2D eigenvalue weighted by atomic mass is 79.9. The summed E-state index contributed by atoms with van der Waals surface area (Å²) in [6, 6.07) is 9.09. The fourth-order valence-electron chi connectivity index (χ4n) is 2.66. The number of hydrogen-bond donors (Lipinski definition) is 2. The molecule has 1 aliphatic rings. The van der Waals surface area contributed by atoms with E-state index in [1.54, 1.807) is 6.07 Å². The smallest absolute Gasteiger partial charge is 0.250 e. The van der Waals surface area contributed by atoms with Crippen LogP contribution < -0.4 is 4.72 Å². The normalized spacial score (nSPS) is 20.5. The number of ether oxygens (including phenoxy) is 1. The highest BCUT2D eigenvalue weighted by molar-refractivity contribution is 9.09. The number of aromatic nitrogens is 1. The quantitative estimate of drug-likeness (QED) is 0.668. The average molecular weight is 441 g/mol. The van der Waals surface area contributed by atoms with Gasteiger partial charge in [-0.15, -0.1) is 0 Å². The van der Waals surface area contributed by atoms with Crippen LogP contribution in [0.25, 0.3) is 10.9 Å². The number of sulfonamides is 1. The van der Waals surface area contributed by atoms with Crippen molar-refractivity contribution in [1.29, 1.82) is 0 Å². The SMILES string of the molecule is CC1(c2cnc3ccccc3c2)OC(NS(=O)(=O)CCCBr)=C(O)C1=O. The molecule has 1 aromatic heterocycles. The van der Waals surface area contributed by atoms with Gasteiger partial charge in [0, 0.05) is 22.5 Å². The Hall–Kier alpha value is -2.13. The highest BCUT2D eigenvalue weighted by Gasteiger charge is 2.49. The molecule has 9 heteroatoms. The summed E-state index contributed by atoms with van der Waals surface area (Å²) >= 11 is 3.16. The van der Waals surface area contributed by atoms with Gasteiger partial charge in [-0.25, -0.2) is 8.42 Å². The van der Waals surface area contributed by atoms with Crippen LogP contribution >= 0.6 is 15.9 Å². The van der Waals surface area contributed by atoms with Gasteiger partial charge in [-0.2, -0.15) is 0 Å². The molecule has 0 bridgehead atoms. The number of aliphatic hydroxyl groups excluding tert-OH is 1. The number of benzene rings is 1. The lowest BCUT2D eigenvalue weighted by molar-refractivity contribution is -0.131. The predicted molar refractivity (Wildman–Crippen MR) is 100 cm³/mol. The summed E-state index contributed by atoms with van der Waals surface area (Å²) < 4.78 is 31.8. The van der Waals surface area contributed by atoms with Crippen molar-refractivity contribution in [1.82, 2.24) is 9.71 Å². The van der Waals surface area contributed by atoms with Crippen LogP contribution in [0, 0.1) is 0 Å². The molecule has 1 aromatic carbocycles. The number of nitrogens with one attached hydrogen (secondary N) is 1. The second-order valence-corrected chi connectivity index (χ2v) is 8.66. The van der Waals surface area contributed by atoms with Crippen molar-refractivity contribution in [2.75, 3.05) is 11.1 Å². The minimum Gasteiger partial charge on any atom is -0.501 e. The molecule has 26 heavy (non-hydrogen) atoms. The number of fused-ring (bicyclic) bond motifs is 1. The van der Waals surface area contributed by atoms with E-state index in [1.165, 1.54) is 13.1 Å². The maximum Gasteiger partial charge on any atom is 0.250 e. The zero-order valence-electron chi connectivity index (χ0n) is 13.9. The average Bonchev–Trinajstić information content (AvgIpc) is 2.84. The molecule has 0 saturated heterocycles. The van der Waals surface area contributed by atoms with Crippen molar-refractivity contribution in [3.8, 4) is 0 Å². The lowest BCUT2D eigenvalue weighted by Gasteiger charge is -2.23. The zero-order valence-corrected chi connectivity index (χ0v) is 16.3. The Balaban J connectivity index is 1.91. The summed E-state index contributed by atoms with van der Waals surface area (Å²) in [6.07, 6.45) is 1.86. The Kier molecular flexibility index (Phi) is 4.94. The standard InChI is InChI=1S/C17H17BrN2O5S/c1-17(12-9-11-5-2-3-6-13(11)19-10-12)15(22)14(21)16(25-17)20-26(23,24)8-4-7-18/h2-3,5-6,9-10,20-21H,4,7-8H2,1H3. The number of rotatable bonds is 6. The molecule has 138 valence electrons. The van der Waals surface area contributed by atoms with E-state index >= 15 is 0 Å². The second-order valence-electron chi connectivity index (χ2n) is 6.02. The second kappa shape index (κ2) is 6.88. The number of pyridine rings is 1. The van der Waals surface area contributed by atoms with E-state index < -0.39 is 33.0 Å². The number of carbonyl (C=O) groups is 1. The van der Waals surface area contributed by atoms with E-state index in [0.717, 1.165) is 10.9 Å². The number of carbonyl (C=O) groups excluding carboxylic acids is 1. The van der Waals surface area contributed by atoms with Crippen LogP contribution in [0.2, 0.25) is 0 Å². The first kappa shape index (κ1) is 18.7. The van der Waals surface area contributed by atoms with Gasteiger partial charge in [-0.3, -0.25) is 14.5 Å². The maximum absolute atomic E-state index is 12.6. The summed E-state index contributed by atoms with van der Waals surface area (Å²) in [5.74, 6) is -2.10. The first-order valence-electron chi connectivity index (χ1n) is 7.85. The van der Waals surface area contributed by atoms with Gasteiger partial charge in [0.25, 0.3) is 5.78 Å². The lowest BCUT2D eigenvalue weighted by atomic mass is 9.92. The van der Waals surface area contributed by atoms with E-state index in [-0.39, 0.29) is 5.75 Å². The van der Waals surface area contributed by atoms with Crippen LogP contribution in [0.4, 0.5) is 0 Å². The molecule has 0 radical (unpaired) electrons. The van der Waals surface area contributed by atoms with Crippen LogP contribution in [-0.2, 0) is 25.2 Å². The first-order chi connectivity index (χ1) is 12.3.